The van der Waals surface area contributed by atoms with Crippen LogP contribution in [-0.4, -0.2) is 74.0 Å². The van der Waals surface area contributed by atoms with Crippen LogP contribution in [0.1, 0.15) is 29.9 Å². The minimum Gasteiger partial charge on any atom is -0.480 e. The fourth-order valence-corrected chi connectivity index (χ4v) is 7.86. The van der Waals surface area contributed by atoms with Crippen molar-refractivity contribution in [1.29, 1.82) is 0 Å². The van der Waals surface area contributed by atoms with E-state index in [2.05, 4.69) is 9.62 Å². The van der Waals surface area contributed by atoms with Crippen LogP contribution in [0.3, 0.4) is 0 Å². The van der Waals surface area contributed by atoms with Gasteiger partial charge in [0.2, 0.25) is 5.91 Å². The molecule has 1 aliphatic heterocycles. The third-order valence-electron chi connectivity index (χ3n) is 7.47. The number of amides is 1. The van der Waals surface area contributed by atoms with E-state index in [4.69, 9.17) is 11.6 Å². The van der Waals surface area contributed by atoms with Crippen LogP contribution >= 0.6 is 22.9 Å². The molecule has 8 nitrogen and oxygen atoms in total. The highest BCUT2D eigenvalue weighted by atomic mass is 35.5. The van der Waals surface area contributed by atoms with E-state index < -0.39 is 27.4 Å². The normalized spacial score (nSPS) is 21.6. The predicted molar refractivity (Wildman–Crippen MR) is 152 cm³/mol. The van der Waals surface area contributed by atoms with Gasteiger partial charge < -0.3 is 14.9 Å². The van der Waals surface area contributed by atoms with Gasteiger partial charge in [-0.25, -0.2) is 8.42 Å². The predicted octanol–water partition coefficient (Wildman–Crippen LogP) is 4.06. The largest absolute Gasteiger partial charge is 0.480 e. The van der Waals surface area contributed by atoms with Crippen molar-refractivity contribution in [3.05, 3.63) is 76.8 Å². The number of carboxylic acid groups (broad SMARTS) is 1. The Morgan fingerprint density at radius 1 is 1.08 bits per heavy atom. The van der Waals surface area contributed by atoms with Crippen LogP contribution in [0.5, 0.6) is 0 Å². The number of rotatable bonds is 9. The second-order valence-electron chi connectivity index (χ2n) is 10.2. The average Bonchev–Trinajstić information content (AvgIpc) is 3.41. The van der Waals surface area contributed by atoms with Gasteiger partial charge >= 0.3 is 5.97 Å². The summed E-state index contributed by atoms with van der Waals surface area (Å²) in [5.41, 5.74) is 0.885. The summed E-state index contributed by atoms with van der Waals surface area (Å²) >= 11 is 7.03. The van der Waals surface area contributed by atoms with Crippen molar-refractivity contribution >= 4 is 44.8 Å². The molecule has 1 aliphatic carbocycles. The smallest absolute Gasteiger partial charge is 0.325 e. The molecule has 1 saturated carbocycles. The summed E-state index contributed by atoms with van der Waals surface area (Å²) in [4.78, 5) is 29.8. The number of hydrogen-bond acceptors (Lipinski definition) is 6. The molecule has 1 aromatic heterocycles. The van der Waals surface area contributed by atoms with E-state index in [0.717, 1.165) is 59.1 Å². The number of hydrogen-bond donors (Lipinski definition) is 2. The number of thiophene rings is 1. The maximum atomic E-state index is 13.3. The molecule has 0 radical (unpaired) electrons. The molecule has 2 fully saturated rings. The third kappa shape index (κ3) is 6.05. The highest BCUT2D eigenvalue weighted by Gasteiger charge is 2.63. The number of sulfonamides is 1. The van der Waals surface area contributed by atoms with Gasteiger partial charge in [0.05, 0.1) is 0 Å². The van der Waals surface area contributed by atoms with E-state index in [1.54, 1.807) is 30.3 Å². The molecular formula is C28H30ClN3O5S2. The molecule has 0 bridgehead atoms. The molecule has 5 rings (SSSR count). The van der Waals surface area contributed by atoms with Gasteiger partial charge in [-0.1, -0.05) is 48.0 Å². The van der Waals surface area contributed by atoms with Gasteiger partial charge in [0.25, 0.3) is 10.0 Å². The molecular weight excluding hydrogens is 558 g/mol. The van der Waals surface area contributed by atoms with Gasteiger partial charge in [-0.15, -0.1) is 11.3 Å². The van der Waals surface area contributed by atoms with Gasteiger partial charge in [-0.3, -0.25) is 9.59 Å². The summed E-state index contributed by atoms with van der Waals surface area (Å²) in [6, 6.07) is 17.7. The van der Waals surface area contributed by atoms with E-state index in [1.807, 2.05) is 36.2 Å². The highest BCUT2D eigenvalue weighted by molar-refractivity contribution is 7.91. The Morgan fingerprint density at radius 2 is 1.79 bits per heavy atom. The van der Waals surface area contributed by atoms with Crippen LogP contribution in [0.2, 0.25) is 5.02 Å². The number of aryl methyl sites for hydroxylation is 1. The summed E-state index contributed by atoms with van der Waals surface area (Å²) < 4.78 is 29.1. The molecule has 2 N–H and O–H groups in total. The van der Waals surface area contributed by atoms with Gasteiger partial charge in [0.1, 0.15) is 9.75 Å². The van der Waals surface area contributed by atoms with Crippen LogP contribution in [0.25, 0.3) is 10.4 Å². The van der Waals surface area contributed by atoms with Crippen molar-refractivity contribution in [3.8, 4) is 10.4 Å². The number of nitrogens with one attached hydrogen (secondary N) is 1. The first-order chi connectivity index (χ1) is 18.6. The van der Waals surface area contributed by atoms with Gasteiger partial charge in [0, 0.05) is 48.4 Å². The number of likely N-dealkylation sites (N-methyl/N-ethyl adjacent to an activating group) is 1. The number of halogens is 1. The van der Waals surface area contributed by atoms with E-state index in [-0.39, 0.29) is 16.5 Å². The maximum absolute atomic E-state index is 13.3. The van der Waals surface area contributed by atoms with E-state index in [9.17, 15) is 23.1 Å². The van der Waals surface area contributed by atoms with Crippen molar-refractivity contribution in [1.82, 2.24) is 14.5 Å². The van der Waals surface area contributed by atoms with Crippen LogP contribution < -0.4 is 4.72 Å². The number of carbonyl (C=O) groups is 2. The Kier molecular flexibility index (Phi) is 7.85. The molecule has 2 aliphatic rings. The topological polar surface area (TPSA) is 107 Å². The fourth-order valence-electron chi connectivity index (χ4n) is 5.01. The quantitative estimate of drug-likeness (QED) is 0.391. The second-order valence-corrected chi connectivity index (χ2v) is 13.6. The molecule has 1 saturated heterocycles. The number of nitrogens with zero attached hydrogens (tertiary/aromatic N) is 2. The number of aliphatic carboxylic acids is 1. The van der Waals surface area contributed by atoms with E-state index in [1.165, 1.54) is 6.07 Å². The molecule has 3 aromatic rings. The monoisotopic (exact) mass is 587 g/mol. The lowest BCUT2D eigenvalue weighted by Gasteiger charge is -2.32. The van der Waals surface area contributed by atoms with E-state index >= 15 is 0 Å². The molecule has 0 spiro atoms. The van der Waals surface area contributed by atoms with Gasteiger partial charge in [-0.05, 0) is 60.8 Å². The van der Waals surface area contributed by atoms with Gasteiger partial charge in [0.15, 0.2) is 0 Å². The van der Waals surface area contributed by atoms with Crippen molar-refractivity contribution in [2.24, 2.45) is 0 Å². The minimum atomic E-state index is -4.08. The summed E-state index contributed by atoms with van der Waals surface area (Å²) in [6.07, 6.45) is 1.07. The molecule has 39 heavy (non-hydrogen) atoms. The molecule has 2 aromatic carbocycles. The van der Waals surface area contributed by atoms with Crippen LogP contribution in [0.15, 0.2) is 64.9 Å². The number of benzene rings is 2. The summed E-state index contributed by atoms with van der Waals surface area (Å²) in [5.74, 6) is -1.60. The summed E-state index contributed by atoms with van der Waals surface area (Å²) in [6.45, 7) is 3.18. The number of piperazine rings is 1. The molecule has 1 unspecified atom stereocenters. The lowest BCUT2D eigenvalue weighted by Crippen LogP contribution is -2.47. The Bertz CT molecular complexity index is 1480. The first kappa shape index (κ1) is 27.8. The first-order valence-corrected chi connectivity index (χ1v) is 15.4. The lowest BCUT2D eigenvalue weighted by molar-refractivity contribution is -0.140. The fraction of sp³-hybridized carbons (Fsp3) is 0.357. The van der Waals surface area contributed by atoms with Crippen LogP contribution in [0.4, 0.5) is 0 Å². The van der Waals surface area contributed by atoms with Crippen LogP contribution in [0, 0.1) is 0 Å². The lowest BCUT2D eigenvalue weighted by atomic mass is 10.0. The highest BCUT2D eigenvalue weighted by Crippen LogP contribution is 2.53. The molecule has 206 valence electrons. The molecule has 1 amide bonds. The van der Waals surface area contributed by atoms with Crippen LogP contribution in [-0.2, 0) is 26.0 Å². The molecule has 2 heterocycles. The average molecular weight is 588 g/mol. The summed E-state index contributed by atoms with van der Waals surface area (Å²) in [7, 11) is -2.03. The Hall–Kier alpha value is -2.76. The first-order valence-electron chi connectivity index (χ1n) is 12.8. The zero-order chi connectivity index (χ0) is 27.8. The maximum Gasteiger partial charge on any atom is 0.325 e. The van der Waals surface area contributed by atoms with Crippen molar-refractivity contribution in [2.75, 3.05) is 33.2 Å². The molecule has 11 heteroatoms. The van der Waals surface area contributed by atoms with Crippen molar-refractivity contribution < 1.29 is 23.1 Å². The standard InChI is InChI=1S/C28H30ClN3O5S2/c1-31-13-15-32(16-14-31)25(33)11-5-19-3-2-4-21(17-19)23-18-28(23,27(34)35)30-39(36,37)26-12-10-24(38-26)20-6-8-22(29)9-7-20/h2-4,6-10,12,17,23,30H,5,11,13-16,18H2,1H3,(H,34,35)/t23-,28?/m0/s1. The zero-order valence-electron chi connectivity index (χ0n) is 21.5. The molecule has 2 atom stereocenters. The Morgan fingerprint density at radius 3 is 2.49 bits per heavy atom. The van der Waals surface area contributed by atoms with E-state index in [0.29, 0.717) is 17.9 Å². The SMILES string of the molecule is CN1CCN(C(=O)CCc2cccc([C@@H]3CC3(NS(=O)(=O)c3ccc(-c4ccc(Cl)cc4)s3)C(=O)O)c2)CC1. The minimum absolute atomic E-state index is 0.0508. The second kappa shape index (κ2) is 11.0. The van der Waals surface area contributed by atoms with Crippen molar-refractivity contribution in [2.45, 2.75) is 34.9 Å². The number of carboxylic acids is 1. The third-order valence-corrected chi connectivity index (χ3v) is 10.9. The van der Waals surface area contributed by atoms with Gasteiger partial charge in [-0.2, -0.15) is 4.72 Å². The Labute approximate surface area is 237 Å². The van der Waals surface area contributed by atoms with Crippen molar-refractivity contribution in [3.63, 3.8) is 0 Å². The Balaban J connectivity index is 1.27. The zero-order valence-corrected chi connectivity index (χ0v) is 23.9. The summed E-state index contributed by atoms with van der Waals surface area (Å²) in [5, 5.41) is 10.7. The number of carbonyl (C=O) groups excluding carboxylic acids is 1.